The zero-order valence-electron chi connectivity index (χ0n) is 21.3. The van der Waals surface area contributed by atoms with Crippen LogP contribution in [0.15, 0.2) is 63.9 Å². The number of halogens is 2. The summed E-state index contributed by atoms with van der Waals surface area (Å²) in [6, 6.07) is 16.9. The van der Waals surface area contributed by atoms with Crippen LogP contribution in [-0.2, 0) is 6.54 Å². The van der Waals surface area contributed by atoms with Gasteiger partial charge in [0, 0.05) is 0 Å². The van der Waals surface area contributed by atoms with Gasteiger partial charge in [-0.05, 0) is 0 Å². The van der Waals surface area contributed by atoms with Gasteiger partial charge in [-0.3, -0.25) is 0 Å². The van der Waals surface area contributed by atoms with Crippen molar-refractivity contribution in [3.63, 3.8) is 0 Å². The van der Waals surface area contributed by atoms with E-state index in [1.165, 1.54) is 11.5 Å². The van der Waals surface area contributed by atoms with E-state index in [0.29, 0.717) is 40.4 Å². The molecule has 0 saturated heterocycles. The maximum absolute atomic E-state index is 13.8. The SMILES string of the molecule is Cc1nsc2nc(C(C(C)C)N(CC[AsH2])C(=O)c3ccc(Br)cc3)n(Cc3ccccc3)c(=O)c12.[Cl-].[H+]. The van der Waals surface area contributed by atoms with E-state index < -0.39 is 0 Å². The van der Waals surface area contributed by atoms with Crippen molar-refractivity contribution < 1.29 is 18.6 Å². The summed E-state index contributed by atoms with van der Waals surface area (Å²) in [4.78, 5) is 35.1. The third-order valence-electron chi connectivity index (χ3n) is 5.93. The summed E-state index contributed by atoms with van der Waals surface area (Å²) in [5.41, 5.74) is 2.20. The van der Waals surface area contributed by atoms with Crippen molar-refractivity contribution in [3.05, 3.63) is 92.1 Å². The fraction of sp³-hybridized carbons (Fsp3) is 0.308. The molecule has 0 N–H and O–H groups in total. The van der Waals surface area contributed by atoms with Crippen LogP contribution < -0.4 is 18.0 Å². The fourth-order valence-corrected chi connectivity index (χ4v) is 5.91. The number of amides is 1. The second-order valence-corrected chi connectivity index (χ2v) is 11.7. The first-order valence-corrected chi connectivity index (χ1v) is 14.8. The van der Waals surface area contributed by atoms with Crippen LogP contribution >= 0.6 is 27.5 Å². The Morgan fingerprint density at radius 2 is 1.83 bits per heavy atom. The molecule has 10 heteroatoms. The molecule has 2 aromatic carbocycles. The Morgan fingerprint density at radius 3 is 2.44 bits per heavy atom. The van der Waals surface area contributed by atoms with Crippen LogP contribution in [-0.4, -0.2) is 48.1 Å². The molecule has 1 amide bonds. The second-order valence-electron chi connectivity index (χ2n) is 8.78. The minimum Gasteiger partial charge on any atom is -1.00 e. The molecule has 0 fully saturated rings. The van der Waals surface area contributed by atoms with Crippen molar-refractivity contribution in [1.82, 2.24) is 18.8 Å². The van der Waals surface area contributed by atoms with E-state index in [0.717, 1.165) is 15.2 Å². The third-order valence-corrected chi connectivity index (χ3v) is 7.84. The topological polar surface area (TPSA) is 68.1 Å². The van der Waals surface area contributed by atoms with E-state index in [1.54, 1.807) is 21.4 Å². The standard InChI is InChI=1S/C26H28AsBrN4O2S.ClH/c1-16(2)22(31(14-13-27)25(33)19-9-11-20(28)12-10-19)23-29-24-21(17(3)30-35-24)26(34)32(23)15-18-7-5-4-6-8-18;/h4-12,16,22H,13-15,27H2,1-3H3;1H. The maximum atomic E-state index is 13.8. The van der Waals surface area contributed by atoms with E-state index >= 15 is 0 Å². The van der Waals surface area contributed by atoms with Gasteiger partial charge in [0.2, 0.25) is 0 Å². The number of carbonyl (C=O) groups is 1. The van der Waals surface area contributed by atoms with Crippen molar-refractivity contribution in [2.75, 3.05) is 6.54 Å². The van der Waals surface area contributed by atoms with Gasteiger partial charge in [-0.2, -0.15) is 0 Å². The normalized spacial score (nSPS) is 11.9. The molecule has 36 heavy (non-hydrogen) atoms. The predicted molar refractivity (Wildman–Crippen MR) is 149 cm³/mol. The monoisotopic (exact) mass is 650 g/mol. The van der Waals surface area contributed by atoms with Gasteiger partial charge < -0.3 is 12.4 Å². The van der Waals surface area contributed by atoms with Gasteiger partial charge >= 0.3 is 229 Å². The number of hydrogen-bond acceptors (Lipinski definition) is 5. The third kappa shape index (κ3) is 5.94. The minimum atomic E-state index is -0.370. The molecule has 4 rings (SSSR count). The van der Waals surface area contributed by atoms with Gasteiger partial charge in [0.15, 0.2) is 0 Å². The largest absolute Gasteiger partial charge is 1.00 e. The number of fused-ring (bicyclic) bond motifs is 1. The van der Waals surface area contributed by atoms with E-state index in [1.807, 2.05) is 66.4 Å². The zero-order chi connectivity index (χ0) is 25.1. The quantitative estimate of drug-likeness (QED) is 0.274. The van der Waals surface area contributed by atoms with E-state index in [-0.39, 0.29) is 37.3 Å². The average Bonchev–Trinajstić information content (AvgIpc) is 3.22. The molecule has 0 saturated carbocycles. The first kappa shape index (κ1) is 28.6. The van der Waals surface area contributed by atoms with E-state index in [2.05, 4.69) is 34.2 Å². The Kier molecular flexibility index (Phi) is 9.93. The van der Waals surface area contributed by atoms with Gasteiger partial charge in [-0.1, -0.05) is 0 Å². The van der Waals surface area contributed by atoms with E-state index in [4.69, 9.17) is 4.98 Å². The van der Waals surface area contributed by atoms with Crippen molar-refractivity contribution in [1.29, 1.82) is 0 Å². The Balaban J connectivity index is 0.00000241. The molecule has 6 nitrogen and oxygen atoms in total. The Labute approximate surface area is 239 Å². The number of aryl methyl sites for hydroxylation is 1. The maximum Gasteiger partial charge on any atom is 1.00 e. The molecular formula is C26H29AsBrClN4O2S. The molecule has 2 atom stereocenters. The summed E-state index contributed by atoms with van der Waals surface area (Å²) < 4.78 is 7.07. The molecule has 2 aromatic heterocycles. The van der Waals surface area contributed by atoms with Crippen LogP contribution in [0.4, 0.5) is 0 Å². The smallest absolute Gasteiger partial charge is 1.00 e. The van der Waals surface area contributed by atoms with Crippen molar-refractivity contribution in [3.8, 4) is 0 Å². The van der Waals surface area contributed by atoms with Crippen LogP contribution in [0, 0.1) is 12.8 Å². The second kappa shape index (κ2) is 12.5. The summed E-state index contributed by atoms with van der Waals surface area (Å²) in [5, 5.41) is 1.41. The van der Waals surface area contributed by atoms with Gasteiger partial charge in [0.1, 0.15) is 0 Å². The number of hydrogen-bond donors (Lipinski definition) is 0. The van der Waals surface area contributed by atoms with Crippen LogP contribution in [0.3, 0.4) is 0 Å². The summed E-state index contributed by atoms with van der Waals surface area (Å²) in [7, 11) is 0. The van der Waals surface area contributed by atoms with Crippen LogP contribution in [0.2, 0.25) is 5.21 Å². The minimum absolute atomic E-state index is 0. The number of carbonyl (C=O) groups excluding carboxylic acids is 1. The Bertz CT molecular complexity index is 1400. The van der Waals surface area contributed by atoms with Crippen molar-refractivity contribution >= 4 is 60.4 Å². The molecule has 4 aromatic rings. The van der Waals surface area contributed by atoms with Crippen molar-refractivity contribution in [2.24, 2.45) is 5.92 Å². The number of benzene rings is 2. The van der Waals surface area contributed by atoms with E-state index in [9.17, 15) is 9.59 Å². The van der Waals surface area contributed by atoms with Crippen molar-refractivity contribution in [2.45, 2.75) is 38.6 Å². The number of rotatable bonds is 8. The van der Waals surface area contributed by atoms with Crippen LogP contribution in [0.5, 0.6) is 0 Å². The van der Waals surface area contributed by atoms with Gasteiger partial charge in [-0.25, -0.2) is 0 Å². The van der Waals surface area contributed by atoms with Gasteiger partial charge in [0.25, 0.3) is 0 Å². The first-order chi connectivity index (χ1) is 16.8. The van der Waals surface area contributed by atoms with Crippen LogP contribution in [0.25, 0.3) is 10.2 Å². The summed E-state index contributed by atoms with van der Waals surface area (Å²) in [6.45, 7) is 6.96. The number of aromatic nitrogens is 3. The Morgan fingerprint density at radius 1 is 1.17 bits per heavy atom. The molecule has 0 aliphatic rings. The van der Waals surface area contributed by atoms with Crippen LogP contribution in [0.1, 0.15) is 48.8 Å². The molecule has 190 valence electrons. The number of nitrogens with zero attached hydrogens (tertiary/aromatic N) is 4. The zero-order valence-corrected chi connectivity index (χ0v) is 25.9. The molecule has 2 unspecified atom stereocenters. The summed E-state index contributed by atoms with van der Waals surface area (Å²) in [5.74, 6) is 0.584. The summed E-state index contributed by atoms with van der Waals surface area (Å²) in [6.07, 6.45) is 0. The fourth-order valence-electron chi connectivity index (χ4n) is 4.29. The molecule has 0 bridgehead atoms. The molecule has 0 spiro atoms. The van der Waals surface area contributed by atoms with Gasteiger partial charge in [0.05, 0.1) is 0 Å². The summed E-state index contributed by atoms with van der Waals surface area (Å²) >= 11 is 6.25. The first-order valence-electron chi connectivity index (χ1n) is 11.5. The van der Waals surface area contributed by atoms with Gasteiger partial charge in [-0.15, -0.1) is 0 Å². The molecule has 0 aliphatic heterocycles. The molecule has 2 heterocycles. The predicted octanol–water partition coefficient (Wildman–Crippen LogP) is 1.98. The Hall–Kier alpha value is -1.99. The molecule has 0 radical (unpaired) electrons. The molecular weight excluding hydrogens is 623 g/mol. The average molecular weight is 652 g/mol. The molecule has 0 aliphatic carbocycles.